The molecule has 0 saturated carbocycles. The van der Waals surface area contributed by atoms with Crippen molar-refractivity contribution in [3.05, 3.63) is 29.5 Å². The molecule has 0 unspecified atom stereocenters. The van der Waals surface area contributed by atoms with Crippen LogP contribution >= 0.6 is 0 Å². The second-order valence-electron chi connectivity index (χ2n) is 5.72. The normalized spacial score (nSPS) is 11.4. The summed E-state index contributed by atoms with van der Waals surface area (Å²) in [5.74, 6) is -0.376. The van der Waals surface area contributed by atoms with Crippen LogP contribution in [0, 0.1) is 0 Å². The third-order valence-electron chi connectivity index (χ3n) is 3.10. The standard InChI is InChI=1S/C15H19N3O3/c1-5-21-14(20)13-12(16-18-17-13)9-6-7-10(11(19)8-9)15(2,3)4/h6-8,19H,5H2,1-4H3,(H,16,17,18). The number of phenolic OH excluding ortho intramolecular Hbond substituents is 1. The van der Waals surface area contributed by atoms with Crippen LogP contribution in [0.5, 0.6) is 5.75 Å². The molecule has 0 radical (unpaired) electrons. The summed E-state index contributed by atoms with van der Waals surface area (Å²) >= 11 is 0. The number of H-pyrrole nitrogens is 1. The molecular formula is C15H19N3O3. The number of nitrogens with zero attached hydrogens (tertiary/aromatic N) is 2. The van der Waals surface area contributed by atoms with Gasteiger partial charge in [-0.05, 0) is 24.0 Å². The van der Waals surface area contributed by atoms with Gasteiger partial charge in [-0.3, -0.25) is 0 Å². The summed E-state index contributed by atoms with van der Waals surface area (Å²) in [7, 11) is 0. The second kappa shape index (κ2) is 5.55. The molecule has 2 aromatic rings. The number of benzene rings is 1. The maximum absolute atomic E-state index is 11.8. The van der Waals surface area contributed by atoms with Crippen molar-refractivity contribution in [1.82, 2.24) is 15.4 Å². The summed E-state index contributed by atoms with van der Waals surface area (Å²) in [6.07, 6.45) is 0. The number of ether oxygens (including phenoxy) is 1. The molecule has 1 heterocycles. The summed E-state index contributed by atoms with van der Waals surface area (Å²) in [6, 6.07) is 5.22. The molecule has 0 saturated heterocycles. The van der Waals surface area contributed by atoms with E-state index < -0.39 is 5.97 Å². The Hall–Kier alpha value is -2.37. The minimum atomic E-state index is -0.541. The summed E-state index contributed by atoms with van der Waals surface area (Å²) < 4.78 is 4.93. The van der Waals surface area contributed by atoms with Crippen molar-refractivity contribution in [3.8, 4) is 17.0 Å². The van der Waals surface area contributed by atoms with E-state index in [1.54, 1.807) is 19.1 Å². The molecule has 6 heteroatoms. The number of esters is 1. The van der Waals surface area contributed by atoms with Crippen LogP contribution in [0.1, 0.15) is 43.7 Å². The summed E-state index contributed by atoms with van der Waals surface area (Å²) in [6.45, 7) is 8.03. The van der Waals surface area contributed by atoms with E-state index in [1.807, 2.05) is 26.8 Å². The number of aromatic nitrogens is 3. The molecule has 1 aromatic heterocycles. The molecule has 1 aromatic carbocycles. The van der Waals surface area contributed by atoms with E-state index in [9.17, 15) is 9.90 Å². The molecule has 6 nitrogen and oxygen atoms in total. The fourth-order valence-electron chi connectivity index (χ4n) is 2.09. The van der Waals surface area contributed by atoms with E-state index in [2.05, 4.69) is 15.4 Å². The molecule has 0 amide bonds. The number of nitrogens with one attached hydrogen (secondary N) is 1. The topological polar surface area (TPSA) is 88.1 Å². The summed E-state index contributed by atoms with van der Waals surface area (Å²) in [5.41, 5.74) is 1.74. The number of hydrogen-bond acceptors (Lipinski definition) is 5. The quantitative estimate of drug-likeness (QED) is 0.848. The highest BCUT2D eigenvalue weighted by Gasteiger charge is 2.22. The molecule has 0 spiro atoms. The Morgan fingerprint density at radius 3 is 2.62 bits per heavy atom. The van der Waals surface area contributed by atoms with Crippen molar-refractivity contribution in [3.63, 3.8) is 0 Å². The van der Waals surface area contributed by atoms with Gasteiger partial charge in [0.05, 0.1) is 6.61 Å². The molecule has 0 aliphatic carbocycles. The SMILES string of the molecule is CCOC(=O)c1n[nH]nc1-c1ccc(C(C)(C)C)c(O)c1. The van der Waals surface area contributed by atoms with Crippen LogP contribution in [0.2, 0.25) is 0 Å². The number of phenols is 1. The average Bonchev–Trinajstić information content (AvgIpc) is 2.86. The fourth-order valence-corrected chi connectivity index (χ4v) is 2.09. The number of aromatic amines is 1. The third kappa shape index (κ3) is 3.04. The van der Waals surface area contributed by atoms with Gasteiger partial charge in [-0.15, -0.1) is 5.10 Å². The Labute approximate surface area is 123 Å². The maximum atomic E-state index is 11.8. The number of carbonyl (C=O) groups excluding carboxylic acids is 1. The number of hydrogen-bond donors (Lipinski definition) is 2. The van der Waals surface area contributed by atoms with E-state index in [4.69, 9.17) is 4.74 Å². The highest BCUT2D eigenvalue weighted by molar-refractivity contribution is 5.94. The lowest BCUT2D eigenvalue weighted by Gasteiger charge is -2.20. The Kier molecular flexibility index (Phi) is 3.97. The van der Waals surface area contributed by atoms with Gasteiger partial charge < -0.3 is 9.84 Å². The van der Waals surface area contributed by atoms with Crippen LogP contribution in [0.3, 0.4) is 0 Å². The minimum Gasteiger partial charge on any atom is -0.508 e. The molecule has 0 bridgehead atoms. The molecule has 2 N–H and O–H groups in total. The van der Waals surface area contributed by atoms with Gasteiger partial charge in [0.1, 0.15) is 11.4 Å². The first-order valence-electron chi connectivity index (χ1n) is 6.76. The van der Waals surface area contributed by atoms with Gasteiger partial charge in [0.2, 0.25) is 0 Å². The zero-order valence-electron chi connectivity index (χ0n) is 12.6. The Morgan fingerprint density at radius 1 is 1.33 bits per heavy atom. The predicted octanol–water partition coefficient (Wildman–Crippen LogP) is 2.65. The zero-order chi connectivity index (χ0) is 15.6. The van der Waals surface area contributed by atoms with Crippen molar-refractivity contribution in [2.45, 2.75) is 33.1 Å². The van der Waals surface area contributed by atoms with Crippen molar-refractivity contribution < 1.29 is 14.6 Å². The predicted molar refractivity (Wildman–Crippen MR) is 78.1 cm³/mol. The molecule has 0 fully saturated rings. The molecule has 21 heavy (non-hydrogen) atoms. The number of aromatic hydroxyl groups is 1. The number of carbonyl (C=O) groups is 1. The first-order valence-corrected chi connectivity index (χ1v) is 6.76. The lowest BCUT2D eigenvalue weighted by molar-refractivity contribution is 0.0520. The largest absolute Gasteiger partial charge is 0.508 e. The number of rotatable bonds is 3. The third-order valence-corrected chi connectivity index (χ3v) is 3.10. The Bertz CT molecular complexity index is 656. The van der Waals surface area contributed by atoms with E-state index >= 15 is 0 Å². The van der Waals surface area contributed by atoms with Gasteiger partial charge in [-0.1, -0.05) is 32.9 Å². The second-order valence-corrected chi connectivity index (χ2v) is 5.72. The van der Waals surface area contributed by atoms with Gasteiger partial charge >= 0.3 is 5.97 Å². The van der Waals surface area contributed by atoms with Crippen LogP contribution in [-0.4, -0.2) is 33.1 Å². The lowest BCUT2D eigenvalue weighted by atomic mass is 9.85. The van der Waals surface area contributed by atoms with Gasteiger partial charge in [0.25, 0.3) is 0 Å². The summed E-state index contributed by atoms with van der Waals surface area (Å²) in [5, 5.41) is 20.4. The van der Waals surface area contributed by atoms with Crippen LogP contribution < -0.4 is 0 Å². The molecule has 112 valence electrons. The van der Waals surface area contributed by atoms with E-state index in [0.29, 0.717) is 11.3 Å². The van der Waals surface area contributed by atoms with E-state index in [-0.39, 0.29) is 23.5 Å². The van der Waals surface area contributed by atoms with Crippen molar-refractivity contribution in [2.75, 3.05) is 6.61 Å². The first-order chi connectivity index (χ1) is 9.84. The van der Waals surface area contributed by atoms with Crippen LogP contribution in [0.25, 0.3) is 11.3 Å². The molecular weight excluding hydrogens is 270 g/mol. The first kappa shape index (κ1) is 15.0. The molecule has 2 rings (SSSR count). The minimum absolute atomic E-state index is 0.111. The Morgan fingerprint density at radius 2 is 2.05 bits per heavy atom. The molecule has 0 aliphatic heterocycles. The van der Waals surface area contributed by atoms with Gasteiger partial charge in [-0.25, -0.2) is 4.79 Å². The van der Waals surface area contributed by atoms with Gasteiger partial charge in [-0.2, -0.15) is 10.3 Å². The fraction of sp³-hybridized carbons (Fsp3) is 0.400. The Balaban J connectivity index is 2.43. The van der Waals surface area contributed by atoms with Gasteiger partial charge in [0.15, 0.2) is 5.69 Å². The van der Waals surface area contributed by atoms with Crippen LogP contribution in [0.15, 0.2) is 18.2 Å². The maximum Gasteiger partial charge on any atom is 0.361 e. The molecule has 0 aliphatic rings. The zero-order valence-corrected chi connectivity index (χ0v) is 12.6. The highest BCUT2D eigenvalue weighted by Crippen LogP contribution is 2.34. The van der Waals surface area contributed by atoms with Crippen molar-refractivity contribution >= 4 is 5.97 Å². The van der Waals surface area contributed by atoms with Gasteiger partial charge in [0, 0.05) is 5.56 Å². The van der Waals surface area contributed by atoms with Crippen LogP contribution in [-0.2, 0) is 10.2 Å². The average molecular weight is 289 g/mol. The van der Waals surface area contributed by atoms with E-state index in [1.165, 1.54) is 0 Å². The smallest absolute Gasteiger partial charge is 0.361 e. The molecule has 0 atom stereocenters. The van der Waals surface area contributed by atoms with Crippen molar-refractivity contribution in [1.29, 1.82) is 0 Å². The van der Waals surface area contributed by atoms with Crippen LogP contribution in [0.4, 0.5) is 0 Å². The lowest BCUT2D eigenvalue weighted by Crippen LogP contribution is -2.11. The van der Waals surface area contributed by atoms with E-state index in [0.717, 1.165) is 5.56 Å². The monoisotopic (exact) mass is 289 g/mol. The van der Waals surface area contributed by atoms with Crippen molar-refractivity contribution in [2.24, 2.45) is 0 Å². The highest BCUT2D eigenvalue weighted by atomic mass is 16.5. The summed E-state index contributed by atoms with van der Waals surface area (Å²) in [4.78, 5) is 11.8.